The van der Waals surface area contributed by atoms with Crippen LogP contribution in [0.15, 0.2) is 16.5 Å². The van der Waals surface area contributed by atoms with Crippen molar-refractivity contribution in [1.82, 2.24) is 0 Å². The smallest absolute Gasteiger partial charge is 0.195 e. The van der Waals surface area contributed by atoms with Crippen LogP contribution in [-0.2, 0) is 0 Å². The van der Waals surface area contributed by atoms with Gasteiger partial charge in [-0.1, -0.05) is 13.3 Å². The van der Waals surface area contributed by atoms with Crippen molar-refractivity contribution in [2.75, 3.05) is 19.0 Å². The number of furan rings is 1. The summed E-state index contributed by atoms with van der Waals surface area (Å²) in [4.78, 5) is 1.93. The minimum absolute atomic E-state index is 0.0405. The average Bonchev–Trinajstić information content (AvgIpc) is 2.52. The van der Waals surface area contributed by atoms with Crippen molar-refractivity contribution in [1.29, 1.82) is 0 Å². The Morgan fingerprint density at radius 2 is 2.15 bits per heavy atom. The number of nitrogens with two attached hydrogens (primary N) is 1. The number of hydrogen-bond acceptors (Lipinski definition) is 3. The number of rotatable bonds is 4. The van der Waals surface area contributed by atoms with E-state index in [4.69, 9.17) is 10.2 Å². The molecule has 0 fully saturated rings. The normalized spacial score (nSPS) is 12.9. The highest BCUT2D eigenvalue weighted by atomic mass is 16.4. The third-order valence-corrected chi connectivity index (χ3v) is 2.02. The molecule has 1 rings (SSSR count). The van der Waals surface area contributed by atoms with Crippen LogP contribution in [0.3, 0.4) is 0 Å². The quantitative estimate of drug-likeness (QED) is 0.775. The van der Waals surface area contributed by atoms with Gasteiger partial charge < -0.3 is 15.1 Å². The van der Waals surface area contributed by atoms with E-state index in [1.165, 1.54) is 0 Å². The van der Waals surface area contributed by atoms with Crippen molar-refractivity contribution in [3.8, 4) is 0 Å². The number of anilines is 1. The van der Waals surface area contributed by atoms with Crippen molar-refractivity contribution in [3.05, 3.63) is 17.9 Å². The van der Waals surface area contributed by atoms with E-state index in [-0.39, 0.29) is 6.04 Å². The molecule has 0 unspecified atom stereocenters. The monoisotopic (exact) mass is 182 g/mol. The summed E-state index contributed by atoms with van der Waals surface area (Å²) in [6, 6.07) is 3.94. The molecule has 0 radical (unpaired) electrons. The van der Waals surface area contributed by atoms with Gasteiger partial charge in [-0.3, -0.25) is 0 Å². The van der Waals surface area contributed by atoms with Crippen LogP contribution in [0.25, 0.3) is 0 Å². The molecule has 0 spiro atoms. The van der Waals surface area contributed by atoms with Gasteiger partial charge in [0, 0.05) is 20.2 Å². The number of hydrogen-bond donors (Lipinski definition) is 1. The topological polar surface area (TPSA) is 42.4 Å². The van der Waals surface area contributed by atoms with Gasteiger partial charge in [0.1, 0.15) is 5.76 Å². The molecule has 0 saturated carbocycles. The van der Waals surface area contributed by atoms with E-state index < -0.39 is 0 Å². The van der Waals surface area contributed by atoms with Gasteiger partial charge in [0.05, 0.1) is 6.04 Å². The van der Waals surface area contributed by atoms with Gasteiger partial charge in [0.2, 0.25) is 0 Å². The van der Waals surface area contributed by atoms with Crippen LogP contribution in [-0.4, -0.2) is 14.1 Å². The van der Waals surface area contributed by atoms with E-state index in [9.17, 15) is 0 Å². The van der Waals surface area contributed by atoms with Gasteiger partial charge in [-0.05, 0) is 12.5 Å². The molecule has 1 aromatic rings. The largest absolute Gasteiger partial charge is 0.444 e. The van der Waals surface area contributed by atoms with Crippen LogP contribution in [0.4, 0.5) is 5.88 Å². The molecule has 13 heavy (non-hydrogen) atoms. The fourth-order valence-electron chi connectivity index (χ4n) is 1.24. The predicted octanol–water partition coefficient (Wildman–Crippen LogP) is 2.15. The summed E-state index contributed by atoms with van der Waals surface area (Å²) in [6.07, 6.45) is 2.06. The lowest BCUT2D eigenvalue weighted by atomic mass is 10.1. The summed E-state index contributed by atoms with van der Waals surface area (Å²) >= 11 is 0. The maximum Gasteiger partial charge on any atom is 0.195 e. The minimum atomic E-state index is 0.0405. The fourth-order valence-corrected chi connectivity index (χ4v) is 1.24. The highest BCUT2D eigenvalue weighted by Crippen LogP contribution is 2.22. The van der Waals surface area contributed by atoms with Crippen molar-refractivity contribution >= 4 is 5.88 Å². The van der Waals surface area contributed by atoms with Crippen LogP contribution in [0.1, 0.15) is 31.6 Å². The Labute approximate surface area is 79.5 Å². The Morgan fingerprint density at radius 1 is 1.46 bits per heavy atom. The SMILES string of the molecule is CCC[C@@H](N)c1ccc(N(C)C)o1. The molecule has 0 aliphatic rings. The minimum Gasteiger partial charge on any atom is -0.444 e. The van der Waals surface area contributed by atoms with Crippen molar-refractivity contribution in [2.24, 2.45) is 5.73 Å². The Hall–Kier alpha value is -0.960. The first kappa shape index (κ1) is 10.1. The average molecular weight is 182 g/mol. The van der Waals surface area contributed by atoms with E-state index in [0.717, 1.165) is 24.5 Å². The zero-order valence-corrected chi connectivity index (χ0v) is 8.58. The van der Waals surface area contributed by atoms with E-state index in [1.54, 1.807) is 0 Å². The van der Waals surface area contributed by atoms with Gasteiger partial charge in [-0.15, -0.1) is 0 Å². The zero-order valence-electron chi connectivity index (χ0n) is 8.58. The fraction of sp³-hybridized carbons (Fsp3) is 0.600. The third-order valence-electron chi connectivity index (χ3n) is 2.02. The van der Waals surface area contributed by atoms with Crippen molar-refractivity contribution in [3.63, 3.8) is 0 Å². The summed E-state index contributed by atoms with van der Waals surface area (Å²) in [7, 11) is 3.90. The molecule has 2 N–H and O–H groups in total. The zero-order chi connectivity index (χ0) is 9.84. The van der Waals surface area contributed by atoms with E-state index >= 15 is 0 Å². The van der Waals surface area contributed by atoms with E-state index in [1.807, 2.05) is 31.1 Å². The molecule has 1 atom stereocenters. The van der Waals surface area contributed by atoms with E-state index in [0.29, 0.717) is 0 Å². The lowest BCUT2D eigenvalue weighted by molar-refractivity contribution is 0.452. The molecule has 0 amide bonds. The second kappa shape index (κ2) is 4.33. The summed E-state index contributed by atoms with van der Waals surface area (Å²) < 4.78 is 5.56. The van der Waals surface area contributed by atoms with Gasteiger partial charge >= 0.3 is 0 Å². The molecular formula is C10H18N2O. The van der Waals surface area contributed by atoms with Crippen LogP contribution < -0.4 is 10.6 Å². The summed E-state index contributed by atoms with van der Waals surface area (Å²) in [5, 5.41) is 0. The second-order valence-corrected chi connectivity index (χ2v) is 3.47. The highest BCUT2D eigenvalue weighted by Gasteiger charge is 2.10. The Morgan fingerprint density at radius 3 is 2.62 bits per heavy atom. The van der Waals surface area contributed by atoms with Gasteiger partial charge in [0.15, 0.2) is 5.88 Å². The lowest BCUT2D eigenvalue weighted by Gasteiger charge is -2.09. The molecule has 0 bridgehead atoms. The van der Waals surface area contributed by atoms with Crippen molar-refractivity contribution in [2.45, 2.75) is 25.8 Å². The summed E-state index contributed by atoms with van der Waals surface area (Å²) in [6.45, 7) is 2.12. The molecule has 3 nitrogen and oxygen atoms in total. The van der Waals surface area contributed by atoms with Crippen molar-refractivity contribution < 1.29 is 4.42 Å². The second-order valence-electron chi connectivity index (χ2n) is 3.47. The maximum atomic E-state index is 5.91. The molecular weight excluding hydrogens is 164 g/mol. The molecule has 0 aliphatic heterocycles. The Kier molecular flexibility index (Phi) is 3.37. The Bertz CT molecular complexity index is 255. The standard InChI is InChI=1S/C10H18N2O/c1-4-5-8(11)9-6-7-10(13-9)12(2)3/h6-8H,4-5,11H2,1-3H3/t8-/m1/s1. The van der Waals surface area contributed by atoms with Crippen LogP contribution in [0, 0.1) is 0 Å². The number of nitrogens with zero attached hydrogens (tertiary/aromatic N) is 1. The molecule has 0 saturated heterocycles. The first-order valence-electron chi connectivity index (χ1n) is 4.67. The first-order chi connectivity index (χ1) is 6.15. The third kappa shape index (κ3) is 2.49. The molecule has 0 aliphatic carbocycles. The van der Waals surface area contributed by atoms with E-state index in [2.05, 4.69) is 6.92 Å². The summed E-state index contributed by atoms with van der Waals surface area (Å²) in [5.41, 5.74) is 5.91. The summed E-state index contributed by atoms with van der Waals surface area (Å²) in [5.74, 6) is 1.74. The first-order valence-corrected chi connectivity index (χ1v) is 4.67. The van der Waals surface area contributed by atoms with Crippen LogP contribution >= 0.6 is 0 Å². The molecule has 1 aromatic heterocycles. The van der Waals surface area contributed by atoms with Gasteiger partial charge in [-0.25, -0.2) is 0 Å². The molecule has 1 heterocycles. The van der Waals surface area contributed by atoms with Crippen LogP contribution in [0.5, 0.6) is 0 Å². The lowest BCUT2D eigenvalue weighted by Crippen LogP contribution is -2.09. The molecule has 74 valence electrons. The van der Waals surface area contributed by atoms with Gasteiger partial charge in [-0.2, -0.15) is 0 Å². The van der Waals surface area contributed by atoms with Gasteiger partial charge in [0.25, 0.3) is 0 Å². The highest BCUT2D eigenvalue weighted by molar-refractivity contribution is 5.34. The Balaban J connectivity index is 2.67. The maximum absolute atomic E-state index is 5.91. The molecule has 0 aromatic carbocycles. The van der Waals surface area contributed by atoms with Crippen LogP contribution in [0.2, 0.25) is 0 Å². The molecule has 3 heteroatoms. The predicted molar refractivity (Wildman–Crippen MR) is 54.9 cm³/mol.